The van der Waals surface area contributed by atoms with Crippen LogP contribution in [0.1, 0.15) is 19.4 Å². The number of hydrogen-bond donors (Lipinski definition) is 3. The van der Waals surface area contributed by atoms with E-state index in [2.05, 4.69) is 13.8 Å². The van der Waals surface area contributed by atoms with Gasteiger partial charge < -0.3 is 14.5 Å². The Bertz CT molecular complexity index is 1000. The SMILES string of the molecule is CC(C)N1C(N)N(c2ccccc2)C(N)N(c2cccc(OCc3ccccc3)c2)C1N. The summed E-state index contributed by atoms with van der Waals surface area (Å²) in [6, 6.07) is 28.0. The van der Waals surface area contributed by atoms with Crippen LogP contribution in [-0.2, 0) is 6.61 Å². The molecule has 0 spiro atoms. The molecule has 3 aromatic carbocycles. The highest BCUT2D eigenvalue weighted by Crippen LogP contribution is 2.32. The Morgan fingerprint density at radius 2 is 1.28 bits per heavy atom. The highest BCUT2D eigenvalue weighted by Gasteiger charge is 2.43. The molecule has 3 atom stereocenters. The lowest BCUT2D eigenvalue weighted by Gasteiger charge is -2.56. The van der Waals surface area contributed by atoms with E-state index in [-0.39, 0.29) is 6.04 Å². The maximum atomic E-state index is 6.77. The van der Waals surface area contributed by atoms with Crippen molar-refractivity contribution in [2.24, 2.45) is 17.2 Å². The molecule has 0 bridgehead atoms. The smallest absolute Gasteiger partial charge is 0.159 e. The third kappa shape index (κ3) is 4.42. The van der Waals surface area contributed by atoms with Gasteiger partial charge in [-0.25, -0.2) is 4.90 Å². The molecule has 1 aliphatic heterocycles. The quantitative estimate of drug-likeness (QED) is 0.551. The van der Waals surface area contributed by atoms with Gasteiger partial charge in [0, 0.05) is 23.5 Å². The van der Waals surface area contributed by atoms with Crippen molar-refractivity contribution in [1.29, 1.82) is 0 Å². The van der Waals surface area contributed by atoms with E-state index in [1.54, 1.807) is 0 Å². The molecule has 0 amide bonds. The van der Waals surface area contributed by atoms with Gasteiger partial charge in [-0.3, -0.25) is 17.2 Å². The zero-order valence-electron chi connectivity index (χ0n) is 18.6. The fourth-order valence-corrected chi connectivity index (χ4v) is 4.19. The van der Waals surface area contributed by atoms with Gasteiger partial charge in [0.2, 0.25) is 0 Å². The topological polar surface area (TPSA) is 97.0 Å². The van der Waals surface area contributed by atoms with Gasteiger partial charge in [-0.05, 0) is 43.7 Å². The zero-order valence-corrected chi connectivity index (χ0v) is 18.6. The van der Waals surface area contributed by atoms with Gasteiger partial charge in [-0.1, -0.05) is 54.6 Å². The van der Waals surface area contributed by atoms with Crippen molar-refractivity contribution in [3.63, 3.8) is 0 Å². The van der Waals surface area contributed by atoms with Crippen LogP contribution in [0.5, 0.6) is 5.75 Å². The molecule has 3 aromatic rings. The summed E-state index contributed by atoms with van der Waals surface area (Å²) in [5, 5.41) is 0. The molecule has 0 saturated carbocycles. The van der Waals surface area contributed by atoms with Crippen molar-refractivity contribution in [3.8, 4) is 5.75 Å². The number of rotatable bonds is 6. The van der Waals surface area contributed by atoms with E-state index in [1.165, 1.54) is 0 Å². The molecular weight excluding hydrogens is 400 g/mol. The molecule has 7 nitrogen and oxygen atoms in total. The van der Waals surface area contributed by atoms with Gasteiger partial charge in [0.1, 0.15) is 24.9 Å². The molecule has 4 rings (SSSR count). The van der Waals surface area contributed by atoms with Crippen LogP contribution in [0.25, 0.3) is 0 Å². The van der Waals surface area contributed by atoms with E-state index < -0.39 is 18.9 Å². The first kappa shape index (κ1) is 22.1. The highest BCUT2D eigenvalue weighted by atomic mass is 16.5. The van der Waals surface area contributed by atoms with Crippen LogP contribution in [0.3, 0.4) is 0 Å². The Balaban J connectivity index is 1.64. The standard InChI is InChI=1S/C25H32N6O/c1-18(2)29-23(26)30(20-12-7-4-8-13-20)25(28)31(24(29)27)21-14-9-15-22(16-21)32-17-19-10-5-3-6-11-19/h3-16,18,23-25H,17,26-28H2,1-2H3. The first-order chi connectivity index (χ1) is 15.5. The number of anilines is 2. The molecule has 168 valence electrons. The summed E-state index contributed by atoms with van der Waals surface area (Å²) < 4.78 is 6.04. The van der Waals surface area contributed by atoms with Gasteiger partial charge in [0.05, 0.1) is 0 Å². The molecule has 1 fully saturated rings. The minimum atomic E-state index is -0.554. The second-order valence-electron chi connectivity index (χ2n) is 8.20. The fraction of sp³-hybridized carbons (Fsp3) is 0.280. The molecule has 1 aliphatic rings. The molecule has 7 heteroatoms. The minimum absolute atomic E-state index is 0.110. The number of para-hydroxylation sites is 1. The summed E-state index contributed by atoms with van der Waals surface area (Å²) in [7, 11) is 0. The maximum absolute atomic E-state index is 6.77. The second-order valence-corrected chi connectivity index (χ2v) is 8.20. The average Bonchev–Trinajstić information content (AvgIpc) is 2.79. The van der Waals surface area contributed by atoms with Gasteiger partial charge in [0.15, 0.2) is 6.29 Å². The van der Waals surface area contributed by atoms with Crippen molar-refractivity contribution < 1.29 is 4.74 Å². The van der Waals surface area contributed by atoms with Gasteiger partial charge >= 0.3 is 0 Å². The van der Waals surface area contributed by atoms with E-state index in [9.17, 15) is 0 Å². The van der Waals surface area contributed by atoms with E-state index in [1.807, 2.05) is 99.6 Å². The number of nitrogens with zero attached hydrogens (tertiary/aromatic N) is 3. The summed E-state index contributed by atoms with van der Waals surface area (Å²) in [5.41, 5.74) is 23.1. The Kier molecular flexibility index (Phi) is 6.62. The molecule has 0 radical (unpaired) electrons. The molecule has 32 heavy (non-hydrogen) atoms. The monoisotopic (exact) mass is 432 g/mol. The molecular formula is C25H32N6O. The van der Waals surface area contributed by atoms with E-state index in [0.717, 1.165) is 22.7 Å². The van der Waals surface area contributed by atoms with Crippen LogP contribution in [0.15, 0.2) is 84.9 Å². The Morgan fingerprint density at radius 1 is 0.719 bits per heavy atom. The summed E-state index contributed by atoms with van der Waals surface area (Å²) in [6.45, 7) is 4.65. The number of nitrogens with two attached hydrogens (primary N) is 3. The Morgan fingerprint density at radius 3 is 1.91 bits per heavy atom. The lowest BCUT2D eigenvalue weighted by Crippen LogP contribution is -2.79. The normalized spacial score (nSPS) is 21.8. The first-order valence-electron chi connectivity index (χ1n) is 10.9. The summed E-state index contributed by atoms with van der Waals surface area (Å²) >= 11 is 0. The van der Waals surface area contributed by atoms with E-state index in [0.29, 0.717) is 6.61 Å². The van der Waals surface area contributed by atoms with Crippen molar-refractivity contribution in [2.45, 2.75) is 45.4 Å². The molecule has 0 aromatic heterocycles. The predicted octanol–water partition coefficient (Wildman–Crippen LogP) is 3.03. The molecule has 1 heterocycles. The zero-order chi connectivity index (χ0) is 22.7. The Labute approximate surface area is 190 Å². The van der Waals surface area contributed by atoms with Crippen LogP contribution < -0.4 is 31.7 Å². The van der Waals surface area contributed by atoms with Crippen LogP contribution in [0, 0.1) is 0 Å². The van der Waals surface area contributed by atoms with Crippen molar-refractivity contribution >= 4 is 11.4 Å². The molecule has 1 saturated heterocycles. The molecule has 0 aliphatic carbocycles. The summed E-state index contributed by atoms with van der Waals surface area (Å²) in [5.74, 6) is 0.753. The second kappa shape index (κ2) is 9.58. The first-order valence-corrected chi connectivity index (χ1v) is 10.9. The van der Waals surface area contributed by atoms with Crippen molar-refractivity contribution in [3.05, 3.63) is 90.5 Å². The van der Waals surface area contributed by atoms with Crippen molar-refractivity contribution in [1.82, 2.24) is 4.90 Å². The molecule has 3 unspecified atom stereocenters. The Hall–Kier alpha value is -3.10. The van der Waals surface area contributed by atoms with Crippen molar-refractivity contribution in [2.75, 3.05) is 9.80 Å². The van der Waals surface area contributed by atoms with E-state index >= 15 is 0 Å². The third-order valence-corrected chi connectivity index (χ3v) is 5.77. The average molecular weight is 433 g/mol. The van der Waals surface area contributed by atoms with Gasteiger partial charge in [0.25, 0.3) is 0 Å². The third-order valence-electron chi connectivity index (χ3n) is 5.77. The fourth-order valence-electron chi connectivity index (χ4n) is 4.19. The number of benzene rings is 3. The summed E-state index contributed by atoms with van der Waals surface area (Å²) in [6.07, 6.45) is -1.51. The largest absolute Gasteiger partial charge is 0.489 e. The predicted molar refractivity (Wildman–Crippen MR) is 130 cm³/mol. The van der Waals surface area contributed by atoms with Crippen LogP contribution >= 0.6 is 0 Å². The number of hydrogen-bond acceptors (Lipinski definition) is 7. The van der Waals surface area contributed by atoms with Crippen LogP contribution in [0.4, 0.5) is 11.4 Å². The van der Waals surface area contributed by atoms with Gasteiger partial charge in [-0.2, -0.15) is 0 Å². The van der Waals surface area contributed by atoms with Crippen LogP contribution in [-0.4, -0.2) is 29.8 Å². The summed E-state index contributed by atoms with van der Waals surface area (Å²) in [4.78, 5) is 6.01. The maximum Gasteiger partial charge on any atom is 0.159 e. The highest BCUT2D eigenvalue weighted by molar-refractivity contribution is 5.57. The van der Waals surface area contributed by atoms with E-state index in [4.69, 9.17) is 21.9 Å². The number of ether oxygens (including phenoxy) is 1. The van der Waals surface area contributed by atoms with Crippen LogP contribution in [0.2, 0.25) is 0 Å². The van der Waals surface area contributed by atoms with Gasteiger partial charge in [-0.15, -0.1) is 0 Å². The lowest BCUT2D eigenvalue weighted by molar-refractivity contribution is 0.0528. The minimum Gasteiger partial charge on any atom is -0.489 e. The lowest BCUT2D eigenvalue weighted by atomic mass is 10.2. The molecule has 6 N–H and O–H groups in total.